The van der Waals surface area contributed by atoms with Gasteiger partial charge in [0.1, 0.15) is 6.10 Å². The summed E-state index contributed by atoms with van der Waals surface area (Å²) in [5.41, 5.74) is -2.04. The number of rotatable bonds is 3. The highest BCUT2D eigenvalue weighted by atomic mass is 35.6. The van der Waals surface area contributed by atoms with Gasteiger partial charge in [-0.3, -0.25) is 9.59 Å². The molecule has 1 saturated heterocycles. The topological polar surface area (TPSA) is 82.1 Å². The van der Waals surface area contributed by atoms with Gasteiger partial charge < -0.3 is 19.3 Å². The van der Waals surface area contributed by atoms with Crippen LogP contribution in [0.25, 0.3) is 0 Å². The number of aliphatic hydroxyl groups excluding tert-OH is 1. The van der Waals surface area contributed by atoms with Crippen molar-refractivity contribution in [1.82, 2.24) is 0 Å². The molecule has 0 bridgehead atoms. The Morgan fingerprint density at radius 3 is 2.35 bits per heavy atom. The molecule has 0 spiro atoms. The zero-order valence-corrected chi connectivity index (χ0v) is 13.4. The van der Waals surface area contributed by atoms with Gasteiger partial charge in [0.25, 0.3) is 0 Å². The van der Waals surface area contributed by atoms with Gasteiger partial charge in [-0.25, -0.2) is 0 Å². The Morgan fingerprint density at radius 2 is 1.95 bits per heavy atom. The largest absolute Gasteiger partial charge is 0.468 e. The quantitative estimate of drug-likeness (QED) is 0.469. The summed E-state index contributed by atoms with van der Waals surface area (Å²) in [5, 5.41) is 9.45. The predicted octanol–water partition coefficient (Wildman–Crippen LogP) is 1.23. The summed E-state index contributed by atoms with van der Waals surface area (Å²) < 4.78 is 13.0. The molecule has 0 radical (unpaired) electrons. The van der Waals surface area contributed by atoms with Gasteiger partial charge in [-0.15, -0.1) is 0 Å². The van der Waals surface area contributed by atoms with Crippen LogP contribution in [0.4, 0.5) is 0 Å². The molecule has 9 heteroatoms. The van der Waals surface area contributed by atoms with Crippen LogP contribution in [0.1, 0.15) is 13.8 Å². The van der Waals surface area contributed by atoms with Gasteiger partial charge in [0.15, 0.2) is 11.2 Å². The van der Waals surface area contributed by atoms with Crippen LogP contribution in [0.2, 0.25) is 0 Å². The fraction of sp³-hybridized carbons (Fsp3) is 0.818. The highest BCUT2D eigenvalue weighted by Crippen LogP contribution is 2.44. The van der Waals surface area contributed by atoms with Crippen LogP contribution in [0.5, 0.6) is 0 Å². The molecule has 0 aromatic rings. The highest BCUT2D eigenvalue weighted by molar-refractivity contribution is 6.77. The SMILES string of the molecule is COC(=O)[C@]1(C(=O)C(Cl)(Cl)Cl)COC(C)(C)O[C@H]1CO. The number of halogens is 3. The number of hydrogen-bond donors (Lipinski definition) is 1. The zero-order chi connectivity index (χ0) is 15.8. The Hall–Kier alpha value is -0.110. The third-order valence-corrected chi connectivity index (χ3v) is 3.52. The average Bonchev–Trinajstić information content (AvgIpc) is 2.35. The minimum absolute atomic E-state index is 0.426. The van der Waals surface area contributed by atoms with Crippen LogP contribution in [0, 0.1) is 5.41 Å². The molecule has 1 rings (SSSR count). The lowest BCUT2D eigenvalue weighted by molar-refractivity contribution is -0.312. The fourth-order valence-corrected chi connectivity index (χ4v) is 2.49. The van der Waals surface area contributed by atoms with E-state index in [2.05, 4.69) is 4.74 Å². The number of aliphatic hydroxyl groups is 1. The molecule has 116 valence electrons. The molecule has 1 aliphatic rings. The van der Waals surface area contributed by atoms with Crippen LogP contribution < -0.4 is 0 Å². The number of Topliss-reactive ketones (excluding diaryl/α,β-unsaturated/α-hetero) is 1. The van der Waals surface area contributed by atoms with Gasteiger partial charge in [-0.2, -0.15) is 0 Å². The fourth-order valence-electron chi connectivity index (χ4n) is 1.98. The third kappa shape index (κ3) is 3.21. The number of hydrogen-bond acceptors (Lipinski definition) is 6. The summed E-state index contributed by atoms with van der Waals surface area (Å²) in [4.78, 5) is 24.4. The van der Waals surface area contributed by atoms with E-state index in [0.29, 0.717) is 0 Å². The molecule has 1 N–H and O–H groups in total. The lowest BCUT2D eigenvalue weighted by Gasteiger charge is -2.46. The molecule has 0 unspecified atom stereocenters. The van der Waals surface area contributed by atoms with Gasteiger partial charge in [0.05, 0.1) is 20.3 Å². The Balaban J connectivity index is 3.32. The van der Waals surface area contributed by atoms with Gasteiger partial charge in [0, 0.05) is 0 Å². The molecule has 0 aromatic heterocycles. The van der Waals surface area contributed by atoms with E-state index in [4.69, 9.17) is 44.3 Å². The lowest BCUT2D eigenvalue weighted by atomic mass is 9.77. The van der Waals surface area contributed by atoms with Crippen molar-refractivity contribution in [1.29, 1.82) is 0 Å². The minimum Gasteiger partial charge on any atom is -0.468 e. The number of esters is 1. The number of methoxy groups -OCH3 is 1. The number of carbonyl (C=O) groups excluding carboxylic acids is 2. The van der Waals surface area contributed by atoms with Crippen molar-refractivity contribution >= 4 is 46.6 Å². The molecular formula is C11H15Cl3O6. The predicted molar refractivity (Wildman–Crippen MR) is 71.7 cm³/mol. The molecule has 0 saturated carbocycles. The average molecular weight is 350 g/mol. The Bertz CT molecular complexity index is 405. The third-order valence-electron chi connectivity index (χ3n) is 3.00. The second kappa shape index (κ2) is 5.94. The second-order valence-electron chi connectivity index (χ2n) is 4.77. The minimum atomic E-state index is -2.38. The van der Waals surface area contributed by atoms with Crippen molar-refractivity contribution in [3.63, 3.8) is 0 Å². The maximum atomic E-state index is 12.4. The summed E-state index contributed by atoms with van der Waals surface area (Å²) in [6.45, 7) is 2.06. The molecule has 1 heterocycles. The normalized spacial score (nSPS) is 29.9. The summed E-state index contributed by atoms with van der Waals surface area (Å²) in [7, 11) is 1.07. The van der Waals surface area contributed by atoms with Gasteiger partial charge in [-0.1, -0.05) is 34.8 Å². The van der Waals surface area contributed by atoms with Crippen LogP contribution in [0.3, 0.4) is 0 Å². The smallest absolute Gasteiger partial charge is 0.324 e. The first-order chi connectivity index (χ1) is 9.01. The first-order valence-electron chi connectivity index (χ1n) is 5.64. The summed E-state index contributed by atoms with van der Waals surface area (Å²) in [6.07, 6.45) is -1.25. The van der Waals surface area contributed by atoms with E-state index in [1.807, 2.05) is 0 Å². The van der Waals surface area contributed by atoms with E-state index < -0.39 is 46.1 Å². The maximum absolute atomic E-state index is 12.4. The summed E-state index contributed by atoms with van der Waals surface area (Å²) in [5.74, 6) is -3.17. The summed E-state index contributed by atoms with van der Waals surface area (Å²) in [6, 6.07) is 0. The van der Waals surface area contributed by atoms with E-state index in [1.54, 1.807) is 13.8 Å². The van der Waals surface area contributed by atoms with Gasteiger partial charge in [0.2, 0.25) is 9.58 Å². The Labute approximate surface area is 131 Å². The number of ketones is 1. The van der Waals surface area contributed by atoms with Crippen LogP contribution in [-0.4, -0.2) is 52.9 Å². The summed E-state index contributed by atoms with van der Waals surface area (Å²) >= 11 is 16.7. The number of alkyl halides is 3. The molecule has 0 aliphatic carbocycles. The molecule has 0 amide bonds. The molecule has 6 nitrogen and oxygen atoms in total. The van der Waals surface area contributed by atoms with Crippen molar-refractivity contribution in [2.75, 3.05) is 20.3 Å². The lowest BCUT2D eigenvalue weighted by Crippen LogP contribution is -2.64. The van der Waals surface area contributed by atoms with Crippen LogP contribution in [0.15, 0.2) is 0 Å². The Kier molecular flexibility index (Phi) is 5.33. The van der Waals surface area contributed by atoms with Crippen molar-refractivity contribution < 1.29 is 28.9 Å². The van der Waals surface area contributed by atoms with Crippen LogP contribution >= 0.6 is 34.8 Å². The van der Waals surface area contributed by atoms with Gasteiger partial charge >= 0.3 is 5.97 Å². The van der Waals surface area contributed by atoms with E-state index >= 15 is 0 Å². The molecule has 2 atom stereocenters. The maximum Gasteiger partial charge on any atom is 0.324 e. The van der Waals surface area contributed by atoms with Crippen molar-refractivity contribution in [2.24, 2.45) is 5.41 Å². The number of ether oxygens (including phenoxy) is 3. The first kappa shape index (κ1) is 17.9. The zero-order valence-electron chi connectivity index (χ0n) is 11.1. The monoisotopic (exact) mass is 348 g/mol. The van der Waals surface area contributed by atoms with E-state index in [9.17, 15) is 14.7 Å². The molecule has 20 heavy (non-hydrogen) atoms. The number of carbonyl (C=O) groups is 2. The first-order valence-corrected chi connectivity index (χ1v) is 6.77. The van der Waals surface area contributed by atoms with E-state index in [-0.39, 0.29) is 0 Å². The van der Waals surface area contributed by atoms with E-state index in [0.717, 1.165) is 7.11 Å². The van der Waals surface area contributed by atoms with Crippen molar-refractivity contribution in [2.45, 2.75) is 29.5 Å². The van der Waals surface area contributed by atoms with Gasteiger partial charge in [-0.05, 0) is 13.8 Å². The van der Waals surface area contributed by atoms with Crippen molar-refractivity contribution in [3.8, 4) is 0 Å². The Morgan fingerprint density at radius 1 is 1.40 bits per heavy atom. The molecule has 1 aliphatic heterocycles. The molecular weight excluding hydrogens is 334 g/mol. The molecule has 1 fully saturated rings. The van der Waals surface area contributed by atoms with Crippen LogP contribution in [-0.2, 0) is 23.8 Å². The highest BCUT2D eigenvalue weighted by Gasteiger charge is 2.63. The van der Waals surface area contributed by atoms with Crippen molar-refractivity contribution in [3.05, 3.63) is 0 Å². The molecule has 0 aromatic carbocycles. The standard InChI is InChI=1S/C11H15Cl3O6/c1-9(2)19-5-10(8(17)18-3,6(4-15)20-9)7(16)11(12,13)14/h6,15H,4-5H2,1-3H3/t6-,10+/m0/s1. The second-order valence-corrected chi connectivity index (χ2v) is 7.05. The van der Waals surface area contributed by atoms with E-state index in [1.165, 1.54) is 0 Å².